The van der Waals surface area contributed by atoms with Gasteiger partial charge in [-0.05, 0) is 24.6 Å². The van der Waals surface area contributed by atoms with Crippen molar-refractivity contribution in [3.8, 4) is 6.07 Å². The molecule has 0 aliphatic carbocycles. The van der Waals surface area contributed by atoms with Crippen LogP contribution >= 0.6 is 0 Å². The average molecular weight is 188 g/mol. The second-order valence-electron chi connectivity index (χ2n) is 2.85. The summed E-state index contributed by atoms with van der Waals surface area (Å²) in [6.07, 6.45) is 0.550. The first-order valence-corrected chi connectivity index (χ1v) is 3.90. The van der Waals surface area contributed by atoms with Gasteiger partial charge in [0.1, 0.15) is 0 Å². The predicted molar refractivity (Wildman–Crippen MR) is 49.8 cm³/mol. The third kappa shape index (κ3) is 1.62. The molecular weight excluding hydrogens is 180 g/mol. The molecule has 0 heterocycles. The molecule has 4 nitrogen and oxygen atoms in total. The molecule has 14 heavy (non-hydrogen) atoms. The fourth-order valence-electron chi connectivity index (χ4n) is 1.16. The summed E-state index contributed by atoms with van der Waals surface area (Å²) in [5.41, 5.74) is 6.36. The first kappa shape index (κ1) is 9.93. The van der Waals surface area contributed by atoms with Crippen molar-refractivity contribution in [2.75, 3.05) is 0 Å². The highest BCUT2D eigenvalue weighted by atomic mass is 16.1. The zero-order valence-electron chi connectivity index (χ0n) is 7.57. The summed E-state index contributed by atoms with van der Waals surface area (Å²) >= 11 is 0. The number of benzene rings is 1. The van der Waals surface area contributed by atoms with Crippen LogP contribution in [0.4, 0.5) is 0 Å². The van der Waals surface area contributed by atoms with Crippen LogP contribution in [0.2, 0.25) is 0 Å². The van der Waals surface area contributed by atoms with Crippen molar-refractivity contribution in [2.45, 2.75) is 6.92 Å². The Bertz CT molecular complexity index is 444. The summed E-state index contributed by atoms with van der Waals surface area (Å²) in [6, 6.07) is 4.73. The van der Waals surface area contributed by atoms with Crippen molar-refractivity contribution in [2.24, 2.45) is 5.73 Å². The van der Waals surface area contributed by atoms with E-state index in [1.807, 2.05) is 6.07 Å². The van der Waals surface area contributed by atoms with Crippen LogP contribution in [0, 0.1) is 18.3 Å². The van der Waals surface area contributed by atoms with E-state index in [4.69, 9.17) is 11.0 Å². The number of hydrogen-bond donors (Lipinski definition) is 1. The first-order chi connectivity index (χ1) is 6.60. The highest BCUT2D eigenvalue weighted by molar-refractivity contribution is 6.01. The van der Waals surface area contributed by atoms with Gasteiger partial charge >= 0.3 is 0 Å². The Balaban J connectivity index is 3.49. The highest BCUT2D eigenvalue weighted by Gasteiger charge is 2.10. The van der Waals surface area contributed by atoms with E-state index in [1.165, 1.54) is 12.1 Å². The molecule has 0 atom stereocenters. The van der Waals surface area contributed by atoms with Gasteiger partial charge in [-0.1, -0.05) is 0 Å². The molecule has 2 N–H and O–H groups in total. The summed E-state index contributed by atoms with van der Waals surface area (Å²) in [5, 5.41) is 8.70. The Morgan fingerprint density at radius 2 is 2.21 bits per heavy atom. The molecule has 1 rings (SSSR count). The van der Waals surface area contributed by atoms with E-state index in [-0.39, 0.29) is 11.1 Å². The topological polar surface area (TPSA) is 84.0 Å². The number of rotatable bonds is 2. The smallest absolute Gasteiger partial charge is 0.249 e. The monoisotopic (exact) mass is 188 g/mol. The minimum Gasteiger partial charge on any atom is -0.366 e. The SMILES string of the molecule is Cc1cc(C=O)c(C(N)=O)cc1C#N. The second kappa shape index (κ2) is 3.71. The predicted octanol–water partition coefficient (Wildman–Crippen LogP) is 0.778. The number of aldehydes is 1. The molecule has 0 spiro atoms. The van der Waals surface area contributed by atoms with Gasteiger partial charge in [0.25, 0.3) is 0 Å². The van der Waals surface area contributed by atoms with Gasteiger partial charge in [0.2, 0.25) is 5.91 Å². The number of amides is 1. The maximum absolute atomic E-state index is 10.9. The van der Waals surface area contributed by atoms with Gasteiger partial charge in [0.15, 0.2) is 6.29 Å². The number of carbonyl (C=O) groups excluding carboxylic acids is 2. The van der Waals surface area contributed by atoms with E-state index < -0.39 is 5.91 Å². The number of nitriles is 1. The first-order valence-electron chi connectivity index (χ1n) is 3.90. The summed E-state index contributed by atoms with van der Waals surface area (Å²) in [5.74, 6) is -0.705. The van der Waals surface area contributed by atoms with Crippen LogP contribution in [-0.4, -0.2) is 12.2 Å². The molecule has 0 unspecified atom stereocenters. The third-order valence-electron chi connectivity index (χ3n) is 1.91. The molecule has 0 fully saturated rings. The Morgan fingerprint density at radius 1 is 1.57 bits per heavy atom. The number of primary amides is 1. The quantitative estimate of drug-likeness (QED) is 0.696. The molecule has 1 aromatic rings. The van der Waals surface area contributed by atoms with Crippen molar-refractivity contribution >= 4 is 12.2 Å². The summed E-state index contributed by atoms with van der Waals surface area (Å²) < 4.78 is 0. The molecule has 1 aromatic carbocycles. The molecule has 1 amide bonds. The Labute approximate surface area is 80.9 Å². The summed E-state index contributed by atoms with van der Waals surface area (Å²) in [4.78, 5) is 21.5. The van der Waals surface area contributed by atoms with Crippen LogP contribution in [0.25, 0.3) is 0 Å². The number of carbonyl (C=O) groups is 2. The summed E-state index contributed by atoms with van der Waals surface area (Å²) in [6.45, 7) is 1.69. The Hall–Kier alpha value is -2.15. The van der Waals surface area contributed by atoms with Gasteiger partial charge in [0.05, 0.1) is 17.2 Å². The lowest BCUT2D eigenvalue weighted by molar-refractivity contribution is 0.0993. The van der Waals surface area contributed by atoms with Crippen molar-refractivity contribution in [1.29, 1.82) is 5.26 Å². The van der Waals surface area contributed by atoms with Crippen molar-refractivity contribution in [1.82, 2.24) is 0 Å². The number of hydrogen-bond acceptors (Lipinski definition) is 3. The lowest BCUT2D eigenvalue weighted by Crippen LogP contribution is -2.14. The maximum Gasteiger partial charge on any atom is 0.249 e. The molecule has 0 aliphatic heterocycles. The second-order valence-corrected chi connectivity index (χ2v) is 2.85. The van der Waals surface area contributed by atoms with E-state index in [2.05, 4.69) is 0 Å². The average Bonchev–Trinajstić information content (AvgIpc) is 2.16. The van der Waals surface area contributed by atoms with Gasteiger partial charge in [0, 0.05) is 5.56 Å². The Morgan fingerprint density at radius 3 is 2.64 bits per heavy atom. The van der Waals surface area contributed by atoms with Crippen LogP contribution in [-0.2, 0) is 0 Å². The zero-order valence-corrected chi connectivity index (χ0v) is 7.57. The fourth-order valence-corrected chi connectivity index (χ4v) is 1.16. The third-order valence-corrected chi connectivity index (χ3v) is 1.91. The van der Waals surface area contributed by atoms with Crippen molar-refractivity contribution < 1.29 is 9.59 Å². The van der Waals surface area contributed by atoms with Gasteiger partial charge in [-0.25, -0.2) is 0 Å². The maximum atomic E-state index is 10.9. The van der Waals surface area contributed by atoms with E-state index in [0.29, 0.717) is 17.4 Å². The standard InChI is InChI=1S/C10H8N2O2/c1-6-2-8(5-13)9(10(12)14)3-7(6)4-11/h2-3,5H,1H3,(H2,12,14). The van der Waals surface area contributed by atoms with Crippen LogP contribution in [0.5, 0.6) is 0 Å². The molecule has 0 bridgehead atoms. The van der Waals surface area contributed by atoms with E-state index in [0.717, 1.165) is 0 Å². The molecule has 0 saturated carbocycles. The van der Waals surface area contributed by atoms with Crippen LogP contribution < -0.4 is 5.73 Å². The molecule has 4 heteroatoms. The number of aryl methyl sites for hydroxylation is 1. The molecule has 0 aliphatic rings. The number of nitrogens with zero attached hydrogens (tertiary/aromatic N) is 1. The van der Waals surface area contributed by atoms with E-state index in [9.17, 15) is 9.59 Å². The lowest BCUT2D eigenvalue weighted by atomic mass is 10.00. The molecular formula is C10H8N2O2. The van der Waals surface area contributed by atoms with Gasteiger partial charge in [-0.2, -0.15) is 5.26 Å². The summed E-state index contributed by atoms with van der Waals surface area (Å²) in [7, 11) is 0. The zero-order chi connectivity index (χ0) is 10.7. The van der Waals surface area contributed by atoms with Crippen molar-refractivity contribution in [3.05, 3.63) is 34.4 Å². The van der Waals surface area contributed by atoms with Crippen LogP contribution in [0.3, 0.4) is 0 Å². The van der Waals surface area contributed by atoms with Gasteiger partial charge < -0.3 is 5.73 Å². The van der Waals surface area contributed by atoms with Gasteiger partial charge in [-0.3, -0.25) is 9.59 Å². The van der Waals surface area contributed by atoms with E-state index in [1.54, 1.807) is 6.92 Å². The minimum atomic E-state index is -0.705. The largest absolute Gasteiger partial charge is 0.366 e. The normalized spacial score (nSPS) is 9.14. The molecule has 0 saturated heterocycles. The van der Waals surface area contributed by atoms with Gasteiger partial charge in [-0.15, -0.1) is 0 Å². The van der Waals surface area contributed by atoms with E-state index >= 15 is 0 Å². The highest BCUT2D eigenvalue weighted by Crippen LogP contribution is 2.14. The lowest BCUT2D eigenvalue weighted by Gasteiger charge is -2.03. The van der Waals surface area contributed by atoms with Crippen LogP contribution in [0.15, 0.2) is 12.1 Å². The number of nitrogens with two attached hydrogens (primary N) is 1. The Kier molecular flexibility index (Phi) is 2.63. The molecule has 0 aromatic heterocycles. The minimum absolute atomic E-state index is 0.0853. The molecule has 70 valence electrons. The fraction of sp³-hybridized carbons (Fsp3) is 0.100. The van der Waals surface area contributed by atoms with Crippen molar-refractivity contribution in [3.63, 3.8) is 0 Å². The van der Waals surface area contributed by atoms with Crippen LogP contribution in [0.1, 0.15) is 31.8 Å². The molecule has 0 radical (unpaired) electrons.